The van der Waals surface area contributed by atoms with Crippen molar-refractivity contribution in [2.24, 2.45) is 0 Å². The fourth-order valence-electron chi connectivity index (χ4n) is 2.07. The second-order valence-corrected chi connectivity index (χ2v) is 4.70. The number of nitrogen functional groups attached to an aromatic ring is 1. The van der Waals surface area contributed by atoms with Crippen molar-refractivity contribution in [3.05, 3.63) is 11.9 Å². The van der Waals surface area contributed by atoms with Gasteiger partial charge in [0.15, 0.2) is 17.0 Å². The summed E-state index contributed by atoms with van der Waals surface area (Å²) < 4.78 is 6.88. The maximum absolute atomic E-state index is 5.86. The molecular weight excluding hydrogens is 230 g/mol. The minimum absolute atomic E-state index is 0.456. The monoisotopic (exact) mass is 247 g/mol. The molecule has 0 radical (unpaired) electrons. The Bertz CT molecular complexity index is 561. The molecule has 0 aromatic carbocycles. The van der Waals surface area contributed by atoms with Crippen LogP contribution in [-0.4, -0.2) is 33.5 Å². The van der Waals surface area contributed by atoms with Gasteiger partial charge in [0.25, 0.3) is 0 Å². The second kappa shape index (κ2) is 4.53. The summed E-state index contributed by atoms with van der Waals surface area (Å²) in [5.74, 6) is 1.04. The van der Waals surface area contributed by atoms with Crippen LogP contribution in [0.4, 0.5) is 5.82 Å². The van der Waals surface area contributed by atoms with Crippen LogP contribution in [0.3, 0.4) is 0 Å². The molecule has 0 bridgehead atoms. The predicted octanol–water partition coefficient (Wildman–Crippen LogP) is 1.32. The van der Waals surface area contributed by atoms with Crippen molar-refractivity contribution in [1.29, 1.82) is 0 Å². The molecule has 0 amide bonds. The first-order valence-corrected chi connectivity index (χ1v) is 6.27. The van der Waals surface area contributed by atoms with Crippen LogP contribution >= 0.6 is 0 Å². The molecule has 96 valence electrons. The minimum atomic E-state index is 0.456. The molecule has 2 heterocycles. The van der Waals surface area contributed by atoms with E-state index in [1.54, 1.807) is 7.11 Å². The van der Waals surface area contributed by atoms with Crippen molar-refractivity contribution >= 4 is 17.0 Å². The Balaban J connectivity index is 1.93. The molecular formula is C12H17N5O. The Kier molecular flexibility index (Phi) is 2.87. The third-order valence-corrected chi connectivity index (χ3v) is 3.20. The number of methoxy groups -OCH3 is 1. The molecule has 3 rings (SSSR count). The maximum Gasteiger partial charge on any atom is 0.179 e. The second-order valence-electron chi connectivity index (χ2n) is 4.70. The average molecular weight is 247 g/mol. The van der Waals surface area contributed by atoms with Gasteiger partial charge in [-0.2, -0.15) is 5.10 Å². The molecule has 0 atom stereocenters. The number of nitrogens with zero attached hydrogens (tertiary/aromatic N) is 4. The molecule has 1 fully saturated rings. The van der Waals surface area contributed by atoms with Gasteiger partial charge in [-0.05, 0) is 19.3 Å². The van der Waals surface area contributed by atoms with Crippen LogP contribution < -0.4 is 5.73 Å². The molecule has 0 saturated heterocycles. The van der Waals surface area contributed by atoms with Crippen LogP contribution in [0.25, 0.3) is 11.2 Å². The number of rotatable bonds is 5. The van der Waals surface area contributed by atoms with Crippen LogP contribution in [0, 0.1) is 0 Å². The van der Waals surface area contributed by atoms with Gasteiger partial charge < -0.3 is 10.5 Å². The molecule has 2 N–H and O–H groups in total. The SMILES string of the molecule is COCCCn1nc(N)c2ncc(C3CC3)nc21. The van der Waals surface area contributed by atoms with E-state index in [9.17, 15) is 0 Å². The Morgan fingerprint density at radius 3 is 3.06 bits per heavy atom. The van der Waals surface area contributed by atoms with E-state index in [1.165, 1.54) is 12.8 Å². The van der Waals surface area contributed by atoms with Crippen LogP contribution in [0.2, 0.25) is 0 Å². The molecule has 0 aliphatic heterocycles. The molecule has 6 heteroatoms. The summed E-state index contributed by atoms with van der Waals surface area (Å²) in [5.41, 5.74) is 8.43. The normalized spacial score (nSPS) is 15.4. The van der Waals surface area contributed by atoms with Gasteiger partial charge in [0.1, 0.15) is 0 Å². The van der Waals surface area contributed by atoms with Gasteiger partial charge in [0.2, 0.25) is 0 Å². The topological polar surface area (TPSA) is 78.9 Å². The highest BCUT2D eigenvalue weighted by atomic mass is 16.5. The minimum Gasteiger partial charge on any atom is -0.385 e. The average Bonchev–Trinajstić information content (AvgIpc) is 3.17. The van der Waals surface area contributed by atoms with E-state index in [4.69, 9.17) is 10.5 Å². The lowest BCUT2D eigenvalue weighted by molar-refractivity contribution is 0.189. The third kappa shape index (κ3) is 2.03. The summed E-state index contributed by atoms with van der Waals surface area (Å²) in [7, 11) is 1.70. The first-order chi connectivity index (χ1) is 8.79. The van der Waals surface area contributed by atoms with E-state index in [2.05, 4.69) is 15.1 Å². The summed E-state index contributed by atoms with van der Waals surface area (Å²) in [5, 5.41) is 4.30. The van der Waals surface area contributed by atoms with E-state index in [0.717, 1.165) is 24.3 Å². The fourth-order valence-corrected chi connectivity index (χ4v) is 2.07. The predicted molar refractivity (Wildman–Crippen MR) is 68.2 cm³/mol. The number of nitrogens with two attached hydrogens (primary N) is 1. The van der Waals surface area contributed by atoms with E-state index < -0.39 is 0 Å². The highest BCUT2D eigenvalue weighted by Crippen LogP contribution is 2.39. The van der Waals surface area contributed by atoms with Crippen molar-refractivity contribution in [2.75, 3.05) is 19.5 Å². The Labute approximate surface area is 105 Å². The summed E-state index contributed by atoms with van der Waals surface area (Å²) >= 11 is 0. The van der Waals surface area contributed by atoms with Crippen molar-refractivity contribution in [3.63, 3.8) is 0 Å². The molecule has 1 saturated carbocycles. The standard InChI is InChI=1S/C12H17N5O/c1-18-6-2-5-17-12-10(11(13)16-17)14-7-9(15-12)8-3-4-8/h7-8H,2-6H2,1H3,(H2,13,16). The lowest BCUT2D eigenvalue weighted by Crippen LogP contribution is -2.05. The highest BCUT2D eigenvalue weighted by molar-refractivity contribution is 5.81. The van der Waals surface area contributed by atoms with Crippen molar-refractivity contribution in [2.45, 2.75) is 31.7 Å². The molecule has 0 spiro atoms. The summed E-state index contributed by atoms with van der Waals surface area (Å²) in [6, 6.07) is 0. The number of anilines is 1. The lowest BCUT2D eigenvalue weighted by atomic mass is 10.3. The first-order valence-electron chi connectivity index (χ1n) is 6.27. The van der Waals surface area contributed by atoms with Crippen LogP contribution in [0.5, 0.6) is 0 Å². The molecule has 2 aromatic heterocycles. The van der Waals surface area contributed by atoms with Crippen molar-refractivity contribution < 1.29 is 4.74 Å². The van der Waals surface area contributed by atoms with Crippen LogP contribution in [0.1, 0.15) is 30.9 Å². The molecule has 1 aliphatic rings. The zero-order chi connectivity index (χ0) is 12.5. The fraction of sp³-hybridized carbons (Fsp3) is 0.583. The smallest absolute Gasteiger partial charge is 0.179 e. The van der Waals surface area contributed by atoms with Gasteiger partial charge in [0, 0.05) is 32.4 Å². The van der Waals surface area contributed by atoms with Crippen LogP contribution in [0.15, 0.2) is 6.20 Å². The van der Waals surface area contributed by atoms with E-state index in [0.29, 0.717) is 23.9 Å². The van der Waals surface area contributed by atoms with Gasteiger partial charge >= 0.3 is 0 Å². The van der Waals surface area contributed by atoms with E-state index in [-0.39, 0.29) is 0 Å². The quantitative estimate of drug-likeness (QED) is 0.806. The lowest BCUT2D eigenvalue weighted by Gasteiger charge is -2.03. The number of hydrogen-bond donors (Lipinski definition) is 1. The van der Waals surface area contributed by atoms with Gasteiger partial charge in [0.05, 0.1) is 5.69 Å². The van der Waals surface area contributed by atoms with Crippen molar-refractivity contribution in [3.8, 4) is 0 Å². The van der Waals surface area contributed by atoms with Gasteiger partial charge in [-0.3, -0.25) is 0 Å². The molecule has 1 aliphatic carbocycles. The number of aromatic nitrogens is 4. The summed E-state index contributed by atoms with van der Waals surface area (Å²) in [6.07, 6.45) is 5.15. The summed E-state index contributed by atoms with van der Waals surface area (Å²) in [4.78, 5) is 9.04. The molecule has 2 aromatic rings. The number of fused-ring (bicyclic) bond motifs is 1. The van der Waals surface area contributed by atoms with E-state index >= 15 is 0 Å². The Morgan fingerprint density at radius 2 is 2.33 bits per heavy atom. The Hall–Kier alpha value is -1.69. The summed E-state index contributed by atoms with van der Waals surface area (Å²) in [6.45, 7) is 1.46. The maximum atomic E-state index is 5.86. The molecule has 0 unspecified atom stereocenters. The molecule has 18 heavy (non-hydrogen) atoms. The van der Waals surface area contributed by atoms with Crippen molar-refractivity contribution in [1.82, 2.24) is 19.7 Å². The zero-order valence-corrected chi connectivity index (χ0v) is 10.5. The van der Waals surface area contributed by atoms with Gasteiger partial charge in [-0.25, -0.2) is 14.6 Å². The van der Waals surface area contributed by atoms with Gasteiger partial charge in [-0.1, -0.05) is 0 Å². The zero-order valence-electron chi connectivity index (χ0n) is 10.5. The van der Waals surface area contributed by atoms with Gasteiger partial charge in [-0.15, -0.1) is 0 Å². The number of ether oxygens (including phenoxy) is 1. The van der Waals surface area contributed by atoms with Crippen LogP contribution in [-0.2, 0) is 11.3 Å². The molecule has 6 nitrogen and oxygen atoms in total. The number of hydrogen-bond acceptors (Lipinski definition) is 5. The number of aryl methyl sites for hydroxylation is 1. The highest BCUT2D eigenvalue weighted by Gasteiger charge is 2.26. The largest absolute Gasteiger partial charge is 0.385 e. The Morgan fingerprint density at radius 1 is 1.50 bits per heavy atom. The van der Waals surface area contributed by atoms with E-state index in [1.807, 2.05) is 10.9 Å². The third-order valence-electron chi connectivity index (χ3n) is 3.20. The first kappa shape index (κ1) is 11.4.